The van der Waals surface area contributed by atoms with Gasteiger partial charge in [0.1, 0.15) is 0 Å². The largest absolute Gasteiger partial charge is 0.465 e. The molecule has 0 bridgehead atoms. The quantitative estimate of drug-likeness (QED) is 0.460. The van der Waals surface area contributed by atoms with Gasteiger partial charge in [0.05, 0.1) is 12.0 Å². The van der Waals surface area contributed by atoms with E-state index in [-0.39, 0.29) is 11.4 Å². The Morgan fingerprint density at radius 3 is 2.31 bits per heavy atom. The van der Waals surface area contributed by atoms with Crippen LogP contribution in [0.1, 0.15) is 66.7 Å². The summed E-state index contributed by atoms with van der Waals surface area (Å²) < 4.78 is 5.37. The molecule has 0 radical (unpaired) electrons. The minimum Gasteiger partial charge on any atom is -0.465 e. The summed E-state index contributed by atoms with van der Waals surface area (Å²) in [4.78, 5) is 12.1. The maximum absolute atomic E-state index is 12.1. The van der Waals surface area contributed by atoms with Gasteiger partial charge in [0.2, 0.25) is 0 Å². The van der Waals surface area contributed by atoms with Crippen molar-refractivity contribution in [1.82, 2.24) is 0 Å². The minimum atomic E-state index is -0.302. The number of carbonyl (C=O) groups is 1. The zero-order valence-corrected chi connectivity index (χ0v) is 11.6. The van der Waals surface area contributed by atoms with E-state index in [1.165, 1.54) is 0 Å². The van der Waals surface area contributed by atoms with Gasteiger partial charge in [-0.25, -0.2) is 0 Å². The van der Waals surface area contributed by atoms with Crippen LogP contribution in [0.15, 0.2) is 0 Å². The van der Waals surface area contributed by atoms with E-state index in [0.29, 0.717) is 12.5 Å². The Morgan fingerprint density at radius 1 is 1.25 bits per heavy atom. The lowest BCUT2D eigenvalue weighted by molar-refractivity contribution is -0.158. The summed E-state index contributed by atoms with van der Waals surface area (Å²) >= 11 is 0. The van der Waals surface area contributed by atoms with Crippen LogP contribution < -0.4 is 0 Å². The lowest BCUT2D eigenvalue weighted by Crippen LogP contribution is -2.35. The number of ether oxygens (including phenoxy) is 1. The van der Waals surface area contributed by atoms with Crippen LogP contribution >= 0.6 is 0 Å². The Morgan fingerprint density at radius 2 is 1.88 bits per heavy atom. The summed E-state index contributed by atoms with van der Waals surface area (Å²) in [5.41, 5.74) is -0.302. The molecule has 0 amide bonds. The highest BCUT2D eigenvalue weighted by atomic mass is 16.5. The molecule has 16 heavy (non-hydrogen) atoms. The van der Waals surface area contributed by atoms with Gasteiger partial charge >= 0.3 is 5.97 Å². The van der Waals surface area contributed by atoms with Crippen LogP contribution in [0.25, 0.3) is 0 Å². The molecule has 2 unspecified atom stereocenters. The highest BCUT2D eigenvalue weighted by molar-refractivity contribution is 5.76. The first-order valence-electron chi connectivity index (χ1n) is 6.70. The van der Waals surface area contributed by atoms with Crippen LogP contribution in [0.3, 0.4) is 0 Å². The minimum absolute atomic E-state index is 0.00981. The third-order valence-corrected chi connectivity index (χ3v) is 3.74. The number of unbranched alkanes of at least 4 members (excludes halogenated alkanes) is 1. The van der Waals surface area contributed by atoms with Crippen LogP contribution in [-0.2, 0) is 9.53 Å². The molecule has 0 fully saturated rings. The lowest BCUT2D eigenvalue weighted by Gasteiger charge is -2.32. The predicted octanol–water partition coefficient (Wildman–Crippen LogP) is 4.18. The molecule has 0 aromatic rings. The lowest BCUT2D eigenvalue weighted by atomic mass is 9.74. The highest BCUT2D eigenvalue weighted by Crippen LogP contribution is 2.35. The van der Waals surface area contributed by atoms with Crippen LogP contribution in [0, 0.1) is 11.3 Å². The average molecular weight is 228 g/mol. The first-order valence-corrected chi connectivity index (χ1v) is 6.70. The number of esters is 1. The van der Waals surface area contributed by atoms with Gasteiger partial charge in [0.15, 0.2) is 0 Å². The number of rotatable bonds is 8. The van der Waals surface area contributed by atoms with Crippen molar-refractivity contribution in [3.63, 3.8) is 0 Å². The first kappa shape index (κ1) is 15.5. The molecule has 96 valence electrons. The fourth-order valence-electron chi connectivity index (χ4n) is 1.92. The molecule has 0 aliphatic rings. The second kappa shape index (κ2) is 7.70. The van der Waals surface area contributed by atoms with E-state index in [1.807, 2.05) is 6.92 Å². The number of hydrogen-bond donors (Lipinski definition) is 0. The normalized spacial score (nSPS) is 16.6. The topological polar surface area (TPSA) is 26.3 Å². The Balaban J connectivity index is 4.36. The smallest absolute Gasteiger partial charge is 0.312 e. The van der Waals surface area contributed by atoms with E-state index in [1.54, 1.807) is 0 Å². The van der Waals surface area contributed by atoms with Gasteiger partial charge in [0, 0.05) is 0 Å². The van der Waals surface area contributed by atoms with Crippen molar-refractivity contribution < 1.29 is 9.53 Å². The molecule has 2 heteroatoms. The molecule has 0 saturated carbocycles. The molecule has 2 atom stereocenters. The average Bonchev–Trinajstić information content (AvgIpc) is 2.28. The van der Waals surface area contributed by atoms with Crippen molar-refractivity contribution >= 4 is 5.97 Å². The van der Waals surface area contributed by atoms with Crippen molar-refractivity contribution in [2.45, 2.75) is 66.7 Å². The van der Waals surface area contributed by atoms with E-state index in [0.717, 1.165) is 32.1 Å². The molecule has 0 aliphatic carbocycles. The molecule has 0 aromatic carbocycles. The molecule has 0 N–H and O–H groups in total. The molecule has 2 nitrogen and oxygen atoms in total. The molecule has 0 aliphatic heterocycles. The maximum Gasteiger partial charge on any atom is 0.312 e. The zero-order chi connectivity index (χ0) is 12.6. The van der Waals surface area contributed by atoms with Crippen molar-refractivity contribution in [2.24, 2.45) is 11.3 Å². The highest BCUT2D eigenvalue weighted by Gasteiger charge is 2.37. The second-order valence-corrected chi connectivity index (χ2v) is 4.95. The van der Waals surface area contributed by atoms with Gasteiger partial charge in [-0.1, -0.05) is 40.5 Å². The Kier molecular flexibility index (Phi) is 7.44. The maximum atomic E-state index is 12.1. The molecule has 0 aromatic heterocycles. The summed E-state index contributed by atoms with van der Waals surface area (Å²) in [5.74, 6) is 0.390. The van der Waals surface area contributed by atoms with Gasteiger partial charge in [-0.15, -0.1) is 0 Å². The van der Waals surface area contributed by atoms with Gasteiger partial charge < -0.3 is 4.74 Å². The molecule has 0 heterocycles. The van der Waals surface area contributed by atoms with E-state index in [4.69, 9.17) is 4.74 Å². The SMILES string of the molecule is CCCCOC(=O)C(C)(CC)C(C)CCC. The number of hydrogen-bond acceptors (Lipinski definition) is 2. The summed E-state index contributed by atoms with van der Waals surface area (Å²) in [7, 11) is 0. The van der Waals surface area contributed by atoms with Gasteiger partial charge in [0.25, 0.3) is 0 Å². The Labute approximate surface area is 101 Å². The van der Waals surface area contributed by atoms with Crippen LogP contribution in [-0.4, -0.2) is 12.6 Å². The monoisotopic (exact) mass is 228 g/mol. The molecule has 0 saturated heterocycles. The standard InChI is InChI=1S/C14H28O2/c1-6-9-11-16-13(15)14(5,8-3)12(4)10-7-2/h12H,6-11H2,1-5H3. The summed E-state index contributed by atoms with van der Waals surface area (Å²) in [6.45, 7) is 11.1. The molecular weight excluding hydrogens is 200 g/mol. The summed E-state index contributed by atoms with van der Waals surface area (Å²) in [5, 5.41) is 0. The summed E-state index contributed by atoms with van der Waals surface area (Å²) in [6, 6.07) is 0. The molecule has 0 rings (SSSR count). The molecular formula is C14H28O2. The van der Waals surface area contributed by atoms with E-state index < -0.39 is 0 Å². The van der Waals surface area contributed by atoms with Crippen molar-refractivity contribution in [3.05, 3.63) is 0 Å². The fourth-order valence-corrected chi connectivity index (χ4v) is 1.92. The second-order valence-electron chi connectivity index (χ2n) is 4.95. The van der Waals surface area contributed by atoms with Crippen molar-refractivity contribution in [1.29, 1.82) is 0 Å². The summed E-state index contributed by atoms with van der Waals surface area (Å²) in [6.07, 6.45) is 5.11. The van der Waals surface area contributed by atoms with E-state index >= 15 is 0 Å². The Bertz CT molecular complexity index is 201. The van der Waals surface area contributed by atoms with Crippen LogP contribution in [0.2, 0.25) is 0 Å². The van der Waals surface area contributed by atoms with Crippen LogP contribution in [0.4, 0.5) is 0 Å². The van der Waals surface area contributed by atoms with E-state index in [2.05, 4.69) is 27.7 Å². The fraction of sp³-hybridized carbons (Fsp3) is 0.929. The number of carbonyl (C=O) groups excluding carboxylic acids is 1. The molecule has 0 spiro atoms. The van der Waals surface area contributed by atoms with Crippen molar-refractivity contribution in [2.75, 3.05) is 6.61 Å². The Hall–Kier alpha value is -0.530. The first-order chi connectivity index (χ1) is 7.52. The van der Waals surface area contributed by atoms with Crippen LogP contribution in [0.5, 0.6) is 0 Å². The van der Waals surface area contributed by atoms with Gasteiger partial charge in [-0.05, 0) is 32.1 Å². The van der Waals surface area contributed by atoms with Crippen molar-refractivity contribution in [3.8, 4) is 0 Å². The zero-order valence-electron chi connectivity index (χ0n) is 11.6. The van der Waals surface area contributed by atoms with E-state index in [9.17, 15) is 4.79 Å². The van der Waals surface area contributed by atoms with Gasteiger partial charge in [-0.2, -0.15) is 0 Å². The predicted molar refractivity (Wildman–Crippen MR) is 68.3 cm³/mol. The third kappa shape index (κ3) is 4.15. The third-order valence-electron chi connectivity index (χ3n) is 3.74. The van der Waals surface area contributed by atoms with Gasteiger partial charge in [-0.3, -0.25) is 4.79 Å².